The molecule has 4 nitrogen and oxygen atoms in total. The van der Waals surface area contributed by atoms with Crippen LogP contribution in [0.2, 0.25) is 20.1 Å². The van der Waals surface area contributed by atoms with Crippen LogP contribution in [0.25, 0.3) is 0 Å². The quantitative estimate of drug-likeness (QED) is 0.201. The Morgan fingerprint density at radius 1 is 0.511 bits per heavy atom. The summed E-state index contributed by atoms with van der Waals surface area (Å²) in [5.74, 6) is -0.364. The molecule has 2 aliphatic rings. The van der Waals surface area contributed by atoms with Gasteiger partial charge in [0.25, 0.3) is 0 Å². The van der Waals surface area contributed by atoms with E-state index in [4.69, 9.17) is 55.9 Å². The zero-order valence-corrected chi connectivity index (χ0v) is 27.3. The fraction of sp³-hybridized carbons (Fsp3) is 0.297. The molecule has 2 aliphatic heterocycles. The minimum absolute atomic E-state index is 0. The lowest BCUT2D eigenvalue weighted by atomic mass is 9.80. The lowest BCUT2D eigenvalue weighted by Gasteiger charge is -2.35. The molecule has 6 rings (SSSR count). The highest BCUT2D eigenvalue weighted by Crippen LogP contribution is 2.45. The number of rotatable bonds is 4. The van der Waals surface area contributed by atoms with Crippen molar-refractivity contribution in [3.8, 4) is 0 Å². The molecular formula is C37H36Cl4O4. The molecule has 0 bridgehead atoms. The third-order valence-electron chi connectivity index (χ3n) is 8.19. The van der Waals surface area contributed by atoms with Crippen LogP contribution < -0.4 is 0 Å². The fourth-order valence-corrected chi connectivity index (χ4v) is 6.50. The number of cyclic esters (lactones) is 2. The van der Waals surface area contributed by atoms with Gasteiger partial charge in [-0.1, -0.05) is 116 Å². The van der Waals surface area contributed by atoms with Gasteiger partial charge in [0.05, 0.1) is 11.8 Å². The number of carbonyl (C=O) groups is 2. The molecular weight excluding hydrogens is 650 g/mol. The third-order valence-corrected chi connectivity index (χ3v) is 9.16. The van der Waals surface area contributed by atoms with Gasteiger partial charge in [0.2, 0.25) is 0 Å². The van der Waals surface area contributed by atoms with Crippen LogP contribution in [-0.2, 0) is 19.1 Å². The van der Waals surface area contributed by atoms with Gasteiger partial charge in [-0.15, -0.1) is 0 Å². The Morgan fingerprint density at radius 3 is 1.20 bits per heavy atom. The summed E-state index contributed by atoms with van der Waals surface area (Å²) in [5.41, 5.74) is 4.09. The SMILES string of the molecule is C.C[C@@H]1C[C@H](c2cccc(Cl)c2)[C@H](c2ccc(Cl)cc2)OC1=O.C[C@H]1C[C@H](c2cccc(Cl)c2)[C@H](c2ccc(Cl)cc2)OC1=O. The number of hydrogen-bond acceptors (Lipinski definition) is 4. The molecule has 4 aromatic carbocycles. The number of halogens is 4. The highest BCUT2D eigenvalue weighted by molar-refractivity contribution is 6.31. The highest BCUT2D eigenvalue weighted by atomic mass is 35.5. The van der Waals surface area contributed by atoms with E-state index in [1.807, 2.05) is 111 Å². The largest absolute Gasteiger partial charge is 0.457 e. The van der Waals surface area contributed by atoms with Crippen molar-refractivity contribution in [3.63, 3.8) is 0 Å². The third kappa shape index (κ3) is 8.62. The van der Waals surface area contributed by atoms with Crippen LogP contribution in [0.4, 0.5) is 0 Å². The zero-order chi connectivity index (χ0) is 31.4. The first-order valence-corrected chi connectivity index (χ1v) is 16.0. The maximum Gasteiger partial charge on any atom is 0.309 e. The molecule has 2 heterocycles. The molecule has 0 aromatic heterocycles. The van der Waals surface area contributed by atoms with Crippen molar-refractivity contribution in [1.82, 2.24) is 0 Å². The topological polar surface area (TPSA) is 52.6 Å². The van der Waals surface area contributed by atoms with Crippen LogP contribution in [-0.4, -0.2) is 11.9 Å². The van der Waals surface area contributed by atoms with E-state index < -0.39 is 0 Å². The molecule has 0 saturated carbocycles. The second-order valence-electron chi connectivity index (χ2n) is 11.4. The second kappa shape index (κ2) is 15.5. The molecule has 45 heavy (non-hydrogen) atoms. The summed E-state index contributed by atoms with van der Waals surface area (Å²) in [7, 11) is 0. The lowest BCUT2D eigenvalue weighted by Crippen LogP contribution is -2.30. The van der Waals surface area contributed by atoms with Crippen molar-refractivity contribution in [2.75, 3.05) is 0 Å². The predicted octanol–water partition coefficient (Wildman–Crippen LogP) is 11.4. The number of ether oxygens (including phenoxy) is 2. The smallest absolute Gasteiger partial charge is 0.309 e. The molecule has 0 amide bonds. The van der Waals surface area contributed by atoms with Gasteiger partial charge in [-0.25, -0.2) is 0 Å². The Kier molecular flexibility index (Phi) is 12.0. The van der Waals surface area contributed by atoms with Crippen LogP contribution in [0.3, 0.4) is 0 Å². The Morgan fingerprint density at radius 2 is 0.867 bits per heavy atom. The maximum atomic E-state index is 12.0. The van der Waals surface area contributed by atoms with E-state index in [1.54, 1.807) is 0 Å². The summed E-state index contributed by atoms with van der Waals surface area (Å²) in [5, 5.41) is 2.71. The van der Waals surface area contributed by atoms with Crippen LogP contribution in [0, 0.1) is 11.8 Å². The lowest BCUT2D eigenvalue weighted by molar-refractivity contribution is -0.162. The predicted molar refractivity (Wildman–Crippen MR) is 183 cm³/mol. The first-order chi connectivity index (χ1) is 21.1. The van der Waals surface area contributed by atoms with Gasteiger partial charge in [-0.3, -0.25) is 9.59 Å². The van der Waals surface area contributed by atoms with Crippen molar-refractivity contribution >= 4 is 58.3 Å². The summed E-state index contributed by atoms with van der Waals surface area (Å²) in [6, 6.07) is 30.4. The first kappa shape index (κ1) is 34.8. The summed E-state index contributed by atoms with van der Waals surface area (Å²) in [6.07, 6.45) is 0.873. The summed E-state index contributed by atoms with van der Waals surface area (Å²) >= 11 is 24.1. The Hall–Kier alpha value is -3.02. The summed E-state index contributed by atoms with van der Waals surface area (Å²) < 4.78 is 11.4. The van der Waals surface area contributed by atoms with Crippen molar-refractivity contribution in [1.29, 1.82) is 0 Å². The van der Waals surface area contributed by atoms with E-state index in [-0.39, 0.29) is 55.2 Å². The number of hydrogen-bond donors (Lipinski definition) is 0. The van der Waals surface area contributed by atoms with Gasteiger partial charge >= 0.3 is 11.9 Å². The average molecular weight is 687 g/mol. The van der Waals surface area contributed by atoms with Gasteiger partial charge in [0.15, 0.2) is 0 Å². The fourth-order valence-electron chi connectivity index (χ4n) is 5.85. The second-order valence-corrected chi connectivity index (χ2v) is 13.2. The van der Waals surface area contributed by atoms with Crippen LogP contribution >= 0.6 is 46.4 Å². The van der Waals surface area contributed by atoms with Crippen molar-refractivity contribution in [3.05, 3.63) is 139 Å². The van der Waals surface area contributed by atoms with Crippen LogP contribution in [0.15, 0.2) is 97.1 Å². The normalized spacial score (nSPS) is 24.3. The van der Waals surface area contributed by atoms with Crippen molar-refractivity contribution < 1.29 is 19.1 Å². The van der Waals surface area contributed by atoms with E-state index >= 15 is 0 Å². The standard InChI is InChI=1S/2C18H16Cl2O2.CH4/c2*1-11-9-16(13-3-2-4-15(20)10-13)17(22-18(11)21)12-5-7-14(19)8-6-12;/h2*2-8,10-11,16-17H,9H2,1H3;1H4/t11-,16+,17-;11-,16-,17+;/m01./s1. The molecule has 0 radical (unpaired) electrons. The number of benzene rings is 4. The molecule has 8 heteroatoms. The molecule has 6 atom stereocenters. The van der Waals surface area contributed by atoms with Crippen LogP contribution in [0.1, 0.15) is 80.4 Å². The molecule has 2 fully saturated rings. The monoisotopic (exact) mass is 684 g/mol. The Labute approximate surface area is 285 Å². The van der Waals surface area contributed by atoms with Crippen LogP contribution in [0.5, 0.6) is 0 Å². The number of carbonyl (C=O) groups excluding carboxylic acids is 2. The Bertz CT molecular complexity index is 1480. The first-order valence-electron chi connectivity index (χ1n) is 14.5. The average Bonchev–Trinajstić information content (AvgIpc) is 3.01. The summed E-state index contributed by atoms with van der Waals surface area (Å²) in [6.45, 7) is 3.80. The molecule has 0 N–H and O–H groups in total. The summed E-state index contributed by atoms with van der Waals surface area (Å²) in [4.78, 5) is 24.0. The highest BCUT2D eigenvalue weighted by Gasteiger charge is 2.38. The van der Waals surface area contributed by atoms with Crippen molar-refractivity contribution in [2.24, 2.45) is 11.8 Å². The molecule has 0 aliphatic carbocycles. The maximum absolute atomic E-state index is 12.0. The van der Waals surface area contributed by atoms with Gasteiger partial charge in [-0.2, -0.15) is 0 Å². The zero-order valence-electron chi connectivity index (χ0n) is 24.3. The van der Waals surface area contributed by atoms with E-state index in [0.29, 0.717) is 20.1 Å². The van der Waals surface area contributed by atoms with Gasteiger partial charge < -0.3 is 9.47 Å². The minimum Gasteiger partial charge on any atom is -0.457 e. The number of esters is 2. The van der Waals surface area contributed by atoms with Gasteiger partial charge in [0, 0.05) is 31.9 Å². The van der Waals surface area contributed by atoms with Gasteiger partial charge in [0.1, 0.15) is 12.2 Å². The van der Waals surface area contributed by atoms with E-state index in [0.717, 1.165) is 35.1 Å². The molecule has 4 aromatic rings. The van der Waals surface area contributed by atoms with Gasteiger partial charge in [-0.05, 0) is 83.6 Å². The Balaban J connectivity index is 0.000000200. The van der Waals surface area contributed by atoms with E-state index in [9.17, 15) is 9.59 Å². The van der Waals surface area contributed by atoms with E-state index in [2.05, 4.69) is 0 Å². The molecule has 236 valence electrons. The molecule has 2 saturated heterocycles. The minimum atomic E-state index is -0.306. The molecule has 0 spiro atoms. The van der Waals surface area contributed by atoms with E-state index in [1.165, 1.54) is 0 Å². The van der Waals surface area contributed by atoms with Crippen molar-refractivity contribution in [2.45, 2.75) is 58.2 Å². The molecule has 0 unspecified atom stereocenters.